The zero-order valence-corrected chi connectivity index (χ0v) is 14.5. The second-order valence-electron chi connectivity index (χ2n) is 4.37. The number of hydrogen-bond donors (Lipinski definition) is 1. The van der Waals surface area contributed by atoms with Crippen LogP contribution >= 0.6 is 15.9 Å². The minimum atomic E-state index is -0.543. The van der Waals surface area contributed by atoms with Crippen molar-refractivity contribution in [3.63, 3.8) is 0 Å². The molecule has 0 aliphatic heterocycles. The topological polar surface area (TPSA) is 56.8 Å². The van der Waals surface area contributed by atoms with E-state index in [-0.39, 0.29) is 5.97 Å². The molecule has 6 heteroatoms. The molecule has 1 N–H and O–H groups in total. The first kappa shape index (κ1) is 17.8. The fourth-order valence-corrected chi connectivity index (χ4v) is 2.48. The molecule has 0 amide bonds. The van der Waals surface area contributed by atoms with Crippen LogP contribution in [-0.4, -0.2) is 33.3 Å². The first-order valence-electron chi connectivity index (χ1n) is 6.90. The summed E-state index contributed by atoms with van der Waals surface area (Å²) in [7, 11) is 3.14. The van der Waals surface area contributed by atoms with Gasteiger partial charge in [0.15, 0.2) is 11.5 Å². The summed E-state index contributed by atoms with van der Waals surface area (Å²) in [5.41, 5.74) is 0.763. The van der Waals surface area contributed by atoms with Gasteiger partial charge in [-0.2, -0.15) is 0 Å². The minimum Gasteiger partial charge on any atom is -0.493 e. The van der Waals surface area contributed by atoms with E-state index in [1.807, 2.05) is 6.92 Å². The molecule has 0 radical (unpaired) electrons. The molecule has 0 spiro atoms. The Bertz CT molecular complexity index is 479. The molecule has 1 aromatic carbocycles. The lowest BCUT2D eigenvalue weighted by Crippen LogP contribution is -2.31. The van der Waals surface area contributed by atoms with Gasteiger partial charge in [0.1, 0.15) is 6.04 Å². The number of nitrogens with one attached hydrogen (secondary N) is 1. The third-order valence-corrected chi connectivity index (χ3v) is 3.62. The van der Waals surface area contributed by atoms with Crippen LogP contribution in [0.2, 0.25) is 0 Å². The number of benzene rings is 1. The van der Waals surface area contributed by atoms with Crippen LogP contribution in [0.15, 0.2) is 16.6 Å². The summed E-state index contributed by atoms with van der Waals surface area (Å²) < 4.78 is 16.5. The third kappa shape index (κ3) is 4.61. The summed E-state index contributed by atoms with van der Waals surface area (Å²) in [4.78, 5) is 12.2. The van der Waals surface area contributed by atoms with E-state index in [0.29, 0.717) is 24.7 Å². The monoisotopic (exact) mass is 359 g/mol. The van der Waals surface area contributed by atoms with Crippen LogP contribution in [-0.2, 0) is 9.53 Å². The van der Waals surface area contributed by atoms with Crippen molar-refractivity contribution in [3.05, 3.63) is 22.2 Å². The van der Waals surface area contributed by atoms with Crippen molar-refractivity contribution in [3.8, 4) is 11.5 Å². The minimum absolute atomic E-state index is 0.307. The number of halogens is 1. The second kappa shape index (κ2) is 8.89. The van der Waals surface area contributed by atoms with Crippen LogP contribution in [0.1, 0.15) is 31.9 Å². The molecule has 1 aromatic rings. The highest BCUT2D eigenvalue weighted by Crippen LogP contribution is 2.36. The largest absolute Gasteiger partial charge is 0.493 e. The highest BCUT2D eigenvalue weighted by atomic mass is 79.9. The first-order valence-corrected chi connectivity index (χ1v) is 7.69. The quantitative estimate of drug-likeness (QED) is 0.722. The number of carbonyl (C=O) groups is 1. The molecule has 0 aliphatic carbocycles. The molecule has 1 rings (SSSR count). The molecule has 0 saturated carbocycles. The van der Waals surface area contributed by atoms with Crippen molar-refractivity contribution < 1.29 is 19.0 Å². The number of rotatable bonds is 8. The lowest BCUT2D eigenvalue weighted by molar-refractivity contribution is -0.145. The average molecular weight is 360 g/mol. The van der Waals surface area contributed by atoms with Gasteiger partial charge in [-0.3, -0.25) is 0 Å². The van der Waals surface area contributed by atoms with Gasteiger partial charge in [0, 0.05) is 4.47 Å². The Morgan fingerprint density at radius 2 is 1.86 bits per heavy atom. The maximum Gasteiger partial charge on any atom is 0.327 e. The lowest BCUT2D eigenvalue weighted by Gasteiger charge is -2.20. The van der Waals surface area contributed by atoms with Gasteiger partial charge >= 0.3 is 5.97 Å². The number of carbonyl (C=O) groups excluding carboxylic acids is 1. The van der Waals surface area contributed by atoms with Crippen LogP contribution < -0.4 is 14.8 Å². The molecule has 0 saturated heterocycles. The summed E-state index contributed by atoms with van der Waals surface area (Å²) in [6, 6.07) is 3.03. The molecule has 21 heavy (non-hydrogen) atoms. The Morgan fingerprint density at radius 3 is 2.38 bits per heavy atom. The fourth-order valence-electron chi connectivity index (χ4n) is 1.93. The van der Waals surface area contributed by atoms with Gasteiger partial charge in [-0.05, 0) is 37.6 Å². The van der Waals surface area contributed by atoms with Crippen LogP contribution in [0.3, 0.4) is 0 Å². The molecule has 5 nitrogen and oxygen atoms in total. The van der Waals surface area contributed by atoms with Crippen molar-refractivity contribution in [1.82, 2.24) is 5.32 Å². The predicted octanol–water partition coefficient (Wildman–Crippen LogP) is 3.07. The maximum absolute atomic E-state index is 12.2. The molecular weight excluding hydrogens is 338 g/mol. The van der Waals surface area contributed by atoms with E-state index in [1.54, 1.807) is 33.3 Å². The normalized spacial score (nSPS) is 11.9. The molecule has 0 heterocycles. The average Bonchev–Trinajstić information content (AvgIpc) is 2.48. The Balaban J connectivity index is 3.19. The molecule has 0 fully saturated rings. The SMILES string of the molecule is CCCNC(C(=O)OCC)c1cc(OC)c(OC)cc1Br. The number of esters is 1. The van der Waals surface area contributed by atoms with Crippen molar-refractivity contribution in [1.29, 1.82) is 0 Å². The number of ether oxygens (including phenoxy) is 3. The fraction of sp³-hybridized carbons (Fsp3) is 0.533. The van der Waals surface area contributed by atoms with E-state index in [2.05, 4.69) is 21.2 Å². The van der Waals surface area contributed by atoms with Crippen molar-refractivity contribution in [2.75, 3.05) is 27.4 Å². The van der Waals surface area contributed by atoms with E-state index in [0.717, 1.165) is 16.5 Å². The Kier molecular flexibility index (Phi) is 7.53. The van der Waals surface area contributed by atoms with Crippen molar-refractivity contribution in [2.24, 2.45) is 0 Å². The summed E-state index contributed by atoms with van der Waals surface area (Å²) >= 11 is 3.48. The Morgan fingerprint density at radius 1 is 1.24 bits per heavy atom. The van der Waals surface area contributed by atoms with Gasteiger partial charge in [0.05, 0.1) is 20.8 Å². The van der Waals surface area contributed by atoms with Gasteiger partial charge in [0.25, 0.3) is 0 Å². The summed E-state index contributed by atoms with van der Waals surface area (Å²) in [6.07, 6.45) is 0.917. The third-order valence-electron chi connectivity index (χ3n) is 2.93. The number of hydrogen-bond acceptors (Lipinski definition) is 5. The van der Waals surface area contributed by atoms with E-state index in [4.69, 9.17) is 14.2 Å². The highest BCUT2D eigenvalue weighted by Gasteiger charge is 2.25. The van der Waals surface area contributed by atoms with Crippen LogP contribution in [0.25, 0.3) is 0 Å². The molecule has 0 aliphatic rings. The van der Waals surface area contributed by atoms with Gasteiger partial charge in [-0.1, -0.05) is 22.9 Å². The summed E-state index contributed by atoms with van der Waals surface area (Å²) in [6.45, 7) is 4.88. The van der Waals surface area contributed by atoms with E-state index >= 15 is 0 Å². The molecular formula is C15H22BrNO4. The van der Waals surface area contributed by atoms with Gasteiger partial charge < -0.3 is 19.5 Å². The zero-order valence-electron chi connectivity index (χ0n) is 12.9. The molecule has 1 unspecified atom stereocenters. The van der Waals surface area contributed by atoms with Gasteiger partial charge in [-0.15, -0.1) is 0 Å². The Labute approximate surface area is 134 Å². The highest BCUT2D eigenvalue weighted by molar-refractivity contribution is 9.10. The second-order valence-corrected chi connectivity index (χ2v) is 5.22. The first-order chi connectivity index (χ1) is 10.1. The van der Waals surface area contributed by atoms with Crippen molar-refractivity contribution in [2.45, 2.75) is 26.3 Å². The van der Waals surface area contributed by atoms with Crippen molar-refractivity contribution >= 4 is 21.9 Å². The molecule has 118 valence electrons. The van der Waals surface area contributed by atoms with E-state index < -0.39 is 6.04 Å². The van der Waals surface area contributed by atoms with Crippen LogP contribution in [0.5, 0.6) is 11.5 Å². The predicted molar refractivity (Wildman–Crippen MR) is 84.9 cm³/mol. The van der Waals surface area contributed by atoms with Gasteiger partial charge in [-0.25, -0.2) is 4.79 Å². The van der Waals surface area contributed by atoms with E-state index in [1.165, 1.54) is 0 Å². The zero-order chi connectivity index (χ0) is 15.8. The van der Waals surface area contributed by atoms with Gasteiger partial charge in [0.2, 0.25) is 0 Å². The molecule has 0 bridgehead atoms. The molecule has 1 atom stereocenters. The standard InChI is InChI=1S/C15H22BrNO4/c1-5-7-17-14(15(18)21-6-2)10-8-12(19-3)13(20-4)9-11(10)16/h8-9,14,17H,5-7H2,1-4H3. The smallest absolute Gasteiger partial charge is 0.327 e. The Hall–Kier alpha value is -1.27. The number of methoxy groups -OCH3 is 2. The lowest BCUT2D eigenvalue weighted by atomic mass is 10.1. The van der Waals surface area contributed by atoms with E-state index in [9.17, 15) is 4.79 Å². The molecule has 0 aromatic heterocycles. The maximum atomic E-state index is 12.2. The summed E-state index contributed by atoms with van der Waals surface area (Å²) in [5, 5.41) is 3.20. The van der Waals surface area contributed by atoms with Crippen LogP contribution in [0.4, 0.5) is 0 Å². The summed E-state index contributed by atoms with van der Waals surface area (Å²) in [5.74, 6) is 0.869. The van der Waals surface area contributed by atoms with Crippen LogP contribution in [0, 0.1) is 0 Å².